The first-order valence-corrected chi connectivity index (χ1v) is 10.7. The molecule has 1 atom stereocenters. The van der Waals surface area contributed by atoms with E-state index < -0.39 is 15.6 Å². The molecule has 11 heteroatoms. The van der Waals surface area contributed by atoms with Gasteiger partial charge in [0.25, 0.3) is 10.0 Å². The summed E-state index contributed by atoms with van der Waals surface area (Å²) in [6, 6.07) is 0.299. The van der Waals surface area contributed by atoms with Gasteiger partial charge in [-0.3, -0.25) is 4.90 Å². The summed E-state index contributed by atoms with van der Waals surface area (Å²) in [4.78, 5) is 6.10. The molecule has 2 aliphatic rings. The van der Waals surface area contributed by atoms with Crippen molar-refractivity contribution in [1.82, 2.24) is 39.0 Å². The topological polar surface area (TPSA) is 102 Å². The Balaban J connectivity index is 1.68. The number of tetrazole rings is 1. The van der Waals surface area contributed by atoms with Gasteiger partial charge in [0, 0.05) is 26.3 Å². The fraction of sp³-hybridized carbons (Fsp3) is 0.750. The summed E-state index contributed by atoms with van der Waals surface area (Å²) in [7, 11) is 2.04. The van der Waals surface area contributed by atoms with Crippen molar-refractivity contribution in [3.8, 4) is 0 Å². The predicted molar refractivity (Wildman–Crippen MR) is 97.3 cm³/mol. The van der Waals surface area contributed by atoms with Crippen LogP contribution in [0.2, 0.25) is 0 Å². The lowest BCUT2D eigenvalue weighted by atomic mass is 9.95. The van der Waals surface area contributed by atoms with Crippen LogP contribution in [-0.2, 0) is 22.6 Å². The smallest absolute Gasteiger partial charge is 0.262 e. The van der Waals surface area contributed by atoms with Crippen molar-refractivity contribution in [2.75, 3.05) is 27.2 Å². The highest BCUT2D eigenvalue weighted by Crippen LogP contribution is 2.40. The van der Waals surface area contributed by atoms with E-state index in [1.165, 1.54) is 29.7 Å². The third kappa shape index (κ3) is 2.97. The molecule has 0 amide bonds. The van der Waals surface area contributed by atoms with Crippen molar-refractivity contribution < 1.29 is 8.42 Å². The molecule has 1 unspecified atom stereocenters. The number of aryl methyl sites for hydroxylation is 1. The molecular formula is C16H26N8O2S. The van der Waals surface area contributed by atoms with Crippen molar-refractivity contribution in [1.29, 1.82) is 0 Å². The largest absolute Gasteiger partial charge is 0.339 e. The van der Waals surface area contributed by atoms with Crippen molar-refractivity contribution in [3.05, 3.63) is 18.3 Å². The van der Waals surface area contributed by atoms with Crippen LogP contribution in [-0.4, -0.2) is 74.6 Å². The summed E-state index contributed by atoms with van der Waals surface area (Å²) in [5, 5.41) is 12.6. The number of rotatable bonds is 5. The quantitative estimate of drug-likeness (QED) is 0.722. The fourth-order valence-electron chi connectivity index (χ4n) is 4.26. The molecule has 0 radical (unpaired) electrons. The van der Waals surface area contributed by atoms with E-state index >= 15 is 0 Å². The lowest BCUT2D eigenvalue weighted by molar-refractivity contribution is 0.144. The molecular weight excluding hydrogens is 368 g/mol. The van der Waals surface area contributed by atoms with E-state index in [0.29, 0.717) is 25.6 Å². The summed E-state index contributed by atoms with van der Waals surface area (Å²) in [5.74, 6) is 0.762. The van der Waals surface area contributed by atoms with Gasteiger partial charge in [0.2, 0.25) is 0 Å². The van der Waals surface area contributed by atoms with Crippen LogP contribution in [0.4, 0.5) is 0 Å². The third-order valence-electron chi connectivity index (χ3n) is 5.93. The minimum absolute atomic E-state index is 0.0786. The SMILES string of the molecule is CN(C)C1(c2nnnn2C2CCCC2)CCN(S(=O)(=O)c2cn(C)cn2)C1. The first-order chi connectivity index (χ1) is 12.8. The number of hydrogen-bond donors (Lipinski definition) is 0. The second kappa shape index (κ2) is 6.64. The van der Waals surface area contributed by atoms with Gasteiger partial charge >= 0.3 is 0 Å². The summed E-state index contributed by atoms with van der Waals surface area (Å²) in [5.41, 5.74) is -0.548. The molecule has 148 valence electrons. The zero-order valence-electron chi connectivity index (χ0n) is 16.0. The zero-order valence-corrected chi connectivity index (χ0v) is 16.8. The molecule has 10 nitrogen and oxygen atoms in total. The highest BCUT2D eigenvalue weighted by molar-refractivity contribution is 7.89. The Hall–Kier alpha value is -1.85. The number of aromatic nitrogens is 6. The lowest BCUT2D eigenvalue weighted by Crippen LogP contribution is -2.47. The van der Waals surface area contributed by atoms with E-state index in [9.17, 15) is 8.42 Å². The van der Waals surface area contributed by atoms with E-state index in [1.807, 2.05) is 18.8 Å². The van der Waals surface area contributed by atoms with Gasteiger partial charge in [-0.1, -0.05) is 12.8 Å². The van der Waals surface area contributed by atoms with Crippen LogP contribution in [0.1, 0.15) is 44.0 Å². The average molecular weight is 395 g/mol. The van der Waals surface area contributed by atoms with E-state index in [-0.39, 0.29) is 5.03 Å². The second-order valence-corrected chi connectivity index (χ2v) is 9.66. The maximum Gasteiger partial charge on any atom is 0.262 e. The summed E-state index contributed by atoms with van der Waals surface area (Å²) >= 11 is 0. The molecule has 2 fully saturated rings. The van der Waals surface area contributed by atoms with E-state index in [1.54, 1.807) is 11.6 Å². The maximum atomic E-state index is 13.0. The Morgan fingerprint density at radius 3 is 2.63 bits per heavy atom. The molecule has 0 aromatic carbocycles. The van der Waals surface area contributed by atoms with Crippen LogP contribution in [0.25, 0.3) is 0 Å². The lowest BCUT2D eigenvalue weighted by Gasteiger charge is -2.35. The van der Waals surface area contributed by atoms with Gasteiger partial charge in [0.15, 0.2) is 10.9 Å². The zero-order chi connectivity index (χ0) is 19.2. The van der Waals surface area contributed by atoms with E-state index in [4.69, 9.17) is 0 Å². The first-order valence-electron chi connectivity index (χ1n) is 9.28. The van der Waals surface area contributed by atoms with Gasteiger partial charge in [-0.15, -0.1) is 5.10 Å². The Morgan fingerprint density at radius 2 is 2.00 bits per heavy atom. The fourth-order valence-corrected chi connectivity index (χ4v) is 5.72. The minimum atomic E-state index is -3.65. The predicted octanol–water partition coefficient (Wildman–Crippen LogP) is 0.373. The average Bonchev–Trinajstić information content (AvgIpc) is 3.38. The number of sulfonamides is 1. The molecule has 0 bridgehead atoms. The number of nitrogens with zero attached hydrogens (tertiary/aromatic N) is 8. The second-order valence-electron chi connectivity index (χ2n) is 7.78. The highest BCUT2D eigenvalue weighted by Gasteiger charge is 2.50. The van der Waals surface area contributed by atoms with Crippen LogP contribution in [0.15, 0.2) is 17.6 Å². The van der Waals surface area contributed by atoms with Gasteiger partial charge in [0.1, 0.15) is 0 Å². The molecule has 1 aliphatic carbocycles. The molecule has 0 spiro atoms. The van der Waals surface area contributed by atoms with Gasteiger partial charge < -0.3 is 4.57 Å². The summed E-state index contributed by atoms with van der Waals surface area (Å²) in [6.07, 6.45) is 8.17. The van der Waals surface area contributed by atoms with Crippen molar-refractivity contribution in [3.63, 3.8) is 0 Å². The summed E-state index contributed by atoms with van der Waals surface area (Å²) < 4.78 is 31.2. The molecule has 0 N–H and O–H groups in total. The Bertz CT molecular complexity index is 915. The molecule has 2 aromatic rings. The van der Waals surface area contributed by atoms with Crippen LogP contribution in [0.5, 0.6) is 0 Å². The molecule has 3 heterocycles. The Kier molecular flexibility index (Phi) is 4.55. The van der Waals surface area contributed by atoms with Crippen molar-refractivity contribution in [2.45, 2.75) is 48.7 Å². The minimum Gasteiger partial charge on any atom is -0.339 e. The van der Waals surface area contributed by atoms with Crippen LogP contribution < -0.4 is 0 Å². The first kappa shape index (κ1) is 18.5. The molecule has 27 heavy (non-hydrogen) atoms. The highest BCUT2D eigenvalue weighted by atomic mass is 32.2. The molecule has 1 aliphatic heterocycles. The Morgan fingerprint density at radius 1 is 1.26 bits per heavy atom. The molecule has 1 saturated heterocycles. The maximum absolute atomic E-state index is 13.0. The summed E-state index contributed by atoms with van der Waals surface area (Å²) in [6.45, 7) is 0.723. The number of hydrogen-bond acceptors (Lipinski definition) is 7. The van der Waals surface area contributed by atoms with Crippen molar-refractivity contribution in [2.24, 2.45) is 7.05 Å². The van der Waals surface area contributed by atoms with Crippen LogP contribution in [0, 0.1) is 0 Å². The van der Waals surface area contributed by atoms with Gasteiger partial charge in [-0.25, -0.2) is 18.1 Å². The van der Waals surface area contributed by atoms with E-state index in [2.05, 4.69) is 25.4 Å². The molecule has 4 rings (SSSR count). The number of imidazole rings is 1. The van der Waals surface area contributed by atoms with Gasteiger partial charge in [-0.05, 0) is 43.8 Å². The van der Waals surface area contributed by atoms with Gasteiger partial charge in [-0.2, -0.15) is 4.31 Å². The van der Waals surface area contributed by atoms with Crippen LogP contribution in [0.3, 0.4) is 0 Å². The van der Waals surface area contributed by atoms with Crippen molar-refractivity contribution >= 4 is 10.0 Å². The van der Waals surface area contributed by atoms with Crippen LogP contribution >= 0.6 is 0 Å². The standard InChI is InChI=1S/C16H26N8O2S/c1-21(2)16(15-18-19-20-24(15)13-6-4-5-7-13)8-9-23(11-16)27(25,26)14-10-22(3)12-17-14/h10,12-13H,4-9,11H2,1-3H3. The molecule has 1 saturated carbocycles. The third-order valence-corrected chi connectivity index (χ3v) is 7.66. The number of likely N-dealkylation sites (N-methyl/N-ethyl adjacent to an activating group) is 1. The van der Waals surface area contributed by atoms with Gasteiger partial charge in [0.05, 0.1) is 17.9 Å². The van der Waals surface area contributed by atoms with E-state index in [0.717, 1.165) is 18.7 Å². The normalized spacial score (nSPS) is 25.0. The monoisotopic (exact) mass is 394 g/mol. The Labute approximate surface area is 159 Å². The molecule has 2 aromatic heterocycles.